The van der Waals surface area contributed by atoms with Crippen molar-refractivity contribution in [1.29, 1.82) is 5.26 Å². The maximum atomic E-state index is 9.03. The molecule has 0 spiro atoms. The van der Waals surface area contributed by atoms with E-state index in [1.807, 2.05) is 30.3 Å². The van der Waals surface area contributed by atoms with Crippen LogP contribution in [0.5, 0.6) is 5.75 Å². The third kappa shape index (κ3) is 3.68. The van der Waals surface area contributed by atoms with Crippen LogP contribution in [0.15, 0.2) is 42.5 Å². The van der Waals surface area contributed by atoms with Crippen LogP contribution in [0.4, 0.5) is 5.69 Å². The molecular weight excluding hydrogens is 284 g/mol. The van der Waals surface area contributed by atoms with Crippen molar-refractivity contribution in [2.45, 2.75) is 19.4 Å². The number of hydrogen-bond acceptors (Lipinski definition) is 3. The fourth-order valence-electron chi connectivity index (χ4n) is 2.16. The molecule has 0 fully saturated rings. The molecule has 0 aliphatic rings. The lowest BCUT2D eigenvalue weighted by atomic mass is 10.0. The minimum Gasteiger partial charge on any atom is -0.497 e. The fourth-order valence-corrected chi connectivity index (χ4v) is 2.32. The third-order valence-electron chi connectivity index (χ3n) is 3.35. The summed E-state index contributed by atoms with van der Waals surface area (Å²) in [6.07, 6.45) is 0.927. The first-order valence-corrected chi connectivity index (χ1v) is 7.16. The molecule has 1 unspecified atom stereocenters. The Morgan fingerprint density at radius 3 is 2.52 bits per heavy atom. The molecule has 108 valence electrons. The highest BCUT2D eigenvalue weighted by Crippen LogP contribution is 2.26. The molecule has 3 nitrogen and oxygen atoms in total. The minimum atomic E-state index is 0.170. The summed E-state index contributed by atoms with van der Waals surface area (Å²) in [7, 11) is 1.65. The summed E-state index contributed by atoms with van der Waals surface area (Å²) >= 11 is 5.95. The van der Waals surface area contributed by atoms with Crippen LogP contribution in [0, 0.1) is 11.3 Å². The Morgan fingerprint density at radius 1 is 1.24 bits per heavy atom. The highest BCUT2D eigenvalue weighted by Gasteiger charge is 2.10. The number of benzene rings is 2. The molecule has 4 heteroatoms. The van der Waals surface area contributed by atoms with Gasteiger partial charge < -0.3 is 10.1 Å². The molecule has 0 amide bonds. The average Bonchev–Trinajstić information content (AvgIpc) is 2.54. The molecule has 0 saturated carbocycles. The average molecular weight is 301 g/mol. The first-order valence-electron chi connectivity index (χ1n) is 6.78. The number of rotatable bonds is 5. The predicted octanol–water partition coefficient (Wildman–Crippen LogP) is 4.78. The van der Waals surface area contributed by atoms with Crippen LogP contribution in [0.2, 0.25) is 5.02 Å². The van der Waals surface area contributed by atoms with Gasteiger partial charge >= 0.3 is 0 Å². The molecule has 1 N–H and O–H groups in total. The number of anilines is 1. The Kier molecular flexibility index (Phi) is 5.08. The monoisotopic (exact) mass is 300 g/mol. The van der Waals surface area contributed by atoms with Crippen LogP contribution in [0.3, 0.4) is 0 Å². The smallest absolute Gasteiger partial charge is 0.118 e. The summed E-state index contributed by atoms with van der Waals surface area (Å²) in [5.74, 6) is 0.840. The van der Waals surface area contributed by atoms with E-state index < -0.39 is 0 Å². The van der Waals surface area contributed by atoms with E-state index >= 15 is 0 Å². The molecule has 2 aromatic carbocycles. The second kappa shape index (κ2) is 7.01. The largest absolute Gasteiger partial charge is 0.497 e. The standard InChI is InChI=1S/C17H17ClN2O/c1-3-17(12-4-7-15(21-2)8-5-12)20-14-6-9-16(18)13(10-14)11-19/h4-10,17,20H,3H2,1-2H3. The molecule has 2 aromatic rings. The van der Waals surface area contributed by atoms with Gasteiger partial charge in [0.25, 0.3) is 0 Å². The van der Waals surface area contributed by atoms with Gasteiger partial charge in [0.2, 0.25) is 0 Å². The summed E-state index contributed by atoms with van der Waals surface area (Å²) < 4.78 is 5.17. The third-order valence-corrected chi connectivity index (χ3v) is 3.68. The fraction of sp³-hybridized carbons (Fsp3) is 0.235. The van der Waals surface area contributed by atoms with Crippen molar-refractivity contribution in [2.24, 2.45) is 0 Å². The summed E-state index contributed by atoms with van der Waals surface area (Å²) in [5, 5.41) is 12.9. The zero-order chi connectivity index (χ0) is 15.2. The maximum Gasteiger partial charge on any atom is 0.118 e. The van der Waals surface area contributed by atoms with E-state index in [9.17, 15) is 0 Å². The first-order chi connectivity index (χ1) is 10.2. The highest BCUT2D eigenvalue weighted by molar-refractivity contribution is 6.31. The van der Waals surface area contributed by atoms with Crippen LogP contribution in [0.1, 0.15) is 30.5 Å². The van der Waals surface area contributed by atoms with Gasteiger partial charge in [-0.3, -0.25) is 0 Å². The summed E-state index contributed by atoms with van der Waals surface area (Å²) in [6, 6.07) is 15.6. The zero-order valence-electron chi connectivity index (χ0n) is 12.1. The summed E-state index contributed by atoms with van der Waals surface area (Å²) in [4.78, 5) is 0. The Bertz CT molecular complexity index is 647. The molecule has 2 rings (SSSR count). The number of nitrogens with zero attached hydrogens (tertiary/aromatic N) is 1. The van der Waals surface area contributed by atoms with Crippen LogP contribution in [0.25, 0.3) is 0 Å². The van der Waals surface area contributed by atoms with E-state index in [1.54, 1.807) is 19.2 Å². The predicted molar refractivity (Wildman–Crippen MR) is 85.8 cm³/mol. The van der Waals surface area contributed by atoms with Gasteiger partial charge in [-0.25, -0.2) is 0 Å². The summed E-state index contributed by atoms with van der Waals surface area (Å²) in [6.45, 7) is 2.11. The Labute approximate surface area is 130 Å². The maximum absolute atomic E-state index is 9.03. The van der Waals surface area contributed by atoms with Gasteiger partial charge in [0.05, 0.1) is 23.7 Å². The van der Waals surface area contributed by atoms with Gasteiger partial charge in [-0.05, 0) is 42.3 Å². The first kappa shape index (κ1) is 15.2. The SMILES string of the molecule is CCC(Nc1ccc(Cl)c(C#N)c1)c1ccc(OC)cc1. The second-order valence-corrected chi connectivity index (χ2v) is 5.09. The Morgan fingerprint density at radius 2 is 1.95 bits per heavy atom. The van der Waals surface area contributed by atoms with Crippen molar-refractivity contribution in [3.8, 4) is 11.8 Å². The van der Waals surface area contributed by atoms with Crippen molar-refractivity contribution in [2.75, 3.05) is 12.4 Å². The molecule has 21 heavy (non-hydrogen) atoms. The molecule has 0 bridgehead atoms. The number of methoxy groups -OCH3 is 1. The highest BCUT2D eigenvalue weighted by atomic mass is 35.5. The van der Waals surface area contributed by atoms with Gasteiger partial charge in [-0.2, -0.15) is 5.26 Å². The quantitative estimate of drug-likeness (QED) is 0.864. The molecule has 0 radical (unpaired) electrons. The van der Waals surface area contributed by atoms with E-state index in [1.165, 1.54) is 5.56 Å². The lowest BCUT2D eigenvalue weighted by Gasteiger charge is -2.19. The minimum absolute atomic E-state index is 0.170. The van der Waals surface area contributed by atoms with E-state index in [-0.39, 0.29) is 6.04 Å². The summed E-state index contributed by atoms with van der Waals surface area (Å²) in [5.41, 5.74) is 2.54. The number of nitrogens with one attached hydrogen (secondary N) is 1. The van der Waals surface area contributed by atoms with Gasteiger partial charge in [0.15, 0.2) is 0 Å². The van der Waals surface area contributed by atoms with Gasteiger partial charge in [-0.1, -0.05) is 30.7 Å². The molecule has 0 aliphatic heterocycles. The van der Waals surface area contributed by atoms with Gasteiger partial charge in [0.1, 0.15) is 11.8 Å². The van der Waals surface area contributed by atoms with Crippen molar-refractivity contribution >= 4 is 17.3 Å². The Hall–Kier alpha value is -2.18. The lowest BCUT2D eigenvalue weighted by molar-refractivity contribution is 0.414. The molecule has 0 aliphatic carbocycles. The van der Waals surface area contributed by atoms with E-state index in [0.29, 0.717) is 10.6 Å². The number of halogens is 1. The Balaban J connectivity index is 2.20. The lowest BCUT2D eigenvalue weighted by Crippen LogP contribution is -2.09. The van der Waals surface area contributed by atoms with Crippen molar-refractivity contribution in [3.63, 3.8) is 0 Å². The van der Waals surface area contributed by atoms with Crippen LogP contribution >= 0.6 is 11.6 Å². The number of ether oxygens (including phenoxy) is 1. The van der Waals surface area contributed by atoms with E-state index in [2.05, 4.69) is 18.3 Å². The second-order valence-electron chi connectivity index (χ2n) is 4.68. The van der Waals surface area contributed by atoms with Crippen molar-refractivity contribution in [3.05, 3.63) is 58.6 Å². The molecule has 1 atom stereocenters. The van der Waals surface area contributed by atoms with E-state index in [0.717, 1.165) is 17.9 Å². The molecule has 0 aromatic heterocycles. The molecule has 0 heterocycles. The van der Waals surface area contributed by atoms with E-state index in [4.69, 9.17) is 21.6 Å². The van der Waals surface area contributed by atoms with Crippen LogP contribution in [-0.2, 0) is 0 Å². The van der Waals surface area contributed by atoms with Gasteiger partial charge in [-0.15, -0.1) is 0 Å². The normalized spacial score (nSPS) is 11.5. The number of nitriles is 1. The zero-order valence-corrected chi connectivity index (χ0v) is 12.8. The van der Waals surface area contributed by atoms with Gasteiger partial charge in [0, 0.05) is 5.69 Å². The van der Waals surface area contributed by atoms with Crippen LogP contribution < -0.4 is 10.1 Å². The van der Waals surface area contributed by atoms with Crippen molar-refractivity contribution < 1.29 is 4.74 Å². The molecular formula is C17H17ClN2O. The number of hydrogen-bond donors (Lipinski definition) is 1. The molecule has 0 saturated heterocycles. The van der Waals surface area contributed by atoms with Crippen LogP contribution in [-0.4, -0.2) is 7.11 Å². The topological polar surface area (TPSA) is 45.0 Å². The van der Waals surface area contributed by atoms with Crippen molar-refractivity contribution in [1.82, 2.24) is 0 Å².